The van der Waals surface area contributed by atoms with Crippen molar-refractivity contribution in [1.29, 1.82) is 0 Å². The molecule has 0 spiro atoms. The number of carbonyl (C=O) groups is 1. The minimum absolute atomic E-state index is 0.158. The average molecular weight is 227 g/mol. The Morgan fingerprint density at radius 3 is 2.80 bits per heavy atom. The Bertz CT molecular complexity index is 296. The number of hydrogen-bond acceptors (Lipinski definition) is 3. The second-order valence-electron chi connectivity index (χ2n) is 3.50. The van der Waals surface area contributed by atoms with Crippen LogP contribution in [0.5, 0.6) is 0 Å². The highest BCUT2D eigenvalue weighted by atomic mass is 32.1. The number of ether oxygens (including phenoxy) is 1. The molecule has 1 aromatic heterocycles. The van der Waals surface area contributed by atoms with Gasteiger partial charge < -0.3 is 9.64 Å². The van der Waals surface area contributed by atoms with Crippen molar-refractivity contribution >= 4 is 17.4 Å². The molecule has 0 fully saturated rings. The first-order valence-electron chi connectivity index (χ1n) is 5.11. The summed E-state index contributed by atoms with van der Waals surface area (Å²) in [5, 5.41) is 2.01. The van der Waals surface area contributed by atoms with Gasteiger partial charge in [0.1, 0.15) is 0 Å². The zero-order valence-corrected chi connectivity index (χ0v) is 10.2. The minimum Gasteiger partial charge on any atom is -0.450 e. The maximum Gasteiger partial charge on any atom is 0.410 e. The predicted octanol–water partition coefficient (Wildman–Crippen LogP) is 3.12. The summed E-state index contributed by atoms with van der Waals surface area (Å²) in [4.78, 5) is 14.5. The molecule has 0 atom stereocenters. The summed E-state index contributed by atoms with van der Waals surface area (Å²) in [7, 11) is 0. The third-order valence-corrected chi connectivity index (χ3v) is 2.89. The summed E-state index contributed by atoms with van der Waals surface area (Å²) in [6, 6.07) is 4.18. The van der Waals surface area contributed by atoms with Crippen molar-refractivity contribution in [2.45, 2.75) is 33.4 Å². The molecule has 3 nitrogen and oxygen atoms in total. The Labute approximate surface area is 94.7 Å². The van der Waals surface area contributed by atoms with Crippen LogP contribution in [-0.2, 0) is 11.3 Å². The SMILES string of the molecule is CCOC(=O)N(Cc1cccs1)C(C)C. The van der Waals surface area contributed by atoms with E-state index in [9.17, 15) is 4.79 Å². The van der Waals surface area contributed by atoms with Gasteiger partial charge in [0.05, 0.1) is 13.2 Å². The molecule has 1 amide bonds. The molecule has 0 aliphatic carbocycles. The van der Waals surface area contributed by atoms with Crippen LogP contribution in [0, 0.1) is 0 Å². The second kappa shape index (κ2) is 5.75. The van der Waals surface area contributed by atoms with Crippen molar-refractivity contribution in [2.24, 2.45) is 0 Å². The van der Waals surface area contributed by atoms with E-state index in [0.717, 1.165) is 0 Å². The summed E-state index contributed by atoms with van der Waals surface area (Å²) < 4.78 is 5.01. The molecule has 15 heavy (non-hydrogen) atoms. The Kier molecular flexibility index (Phi) is 4.62. The molecule has 84 valence electrons. The van der Waals surface area contributed by atoms with E-state index in [4.69, 9.17) is 4.74 Å². The fourth-order valence-corrected chi connectivity index (χ4v) is 1.94. The van der Waals surface area contributed by atoms with Crippen molar-refractivity contribution < 1.29 is 9.53 Å². The van der Waals surface area contributed by atoms with Crippen LogP contribution >= 0.6 is 11.3 Å². The number of thiophene rings is 1. The highest BCUT2D eigenvalue weighted by Gasteiger charge is 2.18. The van der Waals surface area contributed by atoms with Crippen LogP contribution in [0.25, 0.3) is 0 Å². The maximum absolute atomic E-state index is 11.6. The van der Waals surface area contributed by atoms with E-state index in [-0.39, 0.29) is 12.1 Å². The Balaban J connectivity index is 2.62. The summed E-state index contributed by atoms with van der Waals surface area (Å²) >= 11 is 1.65. The van der Waals surface area contributed by atoms with Crippen LogP contribution in [0.2, 0.25) is 0 Å². The van der Waals surface area contributed by atoms with Gasteiger partial charge in [-0.05, 0) is 32.2 Å². The fraction of sp³-hybridized carbons (Fsp3) is 0.545. The molecule has 1 aromatic rings. The Hall–Kier alpha value is -1.03. The van der Waals surface area contributed by atoms with Crippen LogP contribution in [0.1, 0.15) is 25.6 Å². The maximum atomic E-state index is 11.6. The number of amides is 1. The highest BCUT2D eigenvalue weighted by Crippen LogP contribution is 2.14. The van der Waals surface area contributed by atoms with Crippen LogP contribution in [-0.4, -0.2) is 23.6 Å². The normalized spacial score (nSPS) is 10.4. The molecule has 1 heterocycles. The first-order valence-corrected chi connectivity index (χ1v) is 5.99. The van der Waals surface area contributed by atoms with Crippen molar-refractivity contribution in [3.8, 4) is 0 Å². The van der Waals surface area contributed by atoms with Crippen molar-refractivity contribution in [1.82, 2.24) is 4.90 Å². The summed E-state index contributed by atoms with van der Waals surface area (Å²) in [6.07, 6.45) is -0.235. The molecule has 0 saturated heterocycles. The van der Waals surface area contributed by atoms with E-state index in [2.05, 4.69) is 0 Å². The topological polar surface area (TPSA) is 29.5 Å². The van der Waals surface area contributed by atoms with E-state index in [1.54, 1.807) is 16.2 Å². The van der Waals surface area contributed by atoms with Crippen molar-refractivity contribution in [2.75, 3.05) is 6.61 Å². The quantitative estimate of drug-likeness (QED) is 0.791. The highest BCUT2D eigenvalue weighted by molar-refractivity contribution is 7.09. The molecule has 0 unspecified atom stereocenters. The Morgan fingerprint density at radius 2 is 2.33 bits per heavy atom. The van der Waals surface area contributed by atoms with E-state index in [1.165, 1.54) is 4.88 Å². The summed E-state index contributed by atoms with van der Waals surface area (Å²) in [5.74, 6) is 0. The largest absolute Gasteiger partial charge is 0.450 e. The van der Waals surface area contributed by atoms with Crippen molar-refractivity contribution in [3.05, 3.63) is 22.4 Å². The third kappa shape index (κ3) is 3.55. The van der Waals surface area contributed by atoms with Gasteiger partial charge in [0.2, 0.25) is 0 Å². The zero-order chi connectivity index (χ0) is 11.3. The summed E-state index contributed by atoms with van der Waals surface area (Å²) in [6.45, 7) is 6.86. The first-order chi connectivity index (χ1) is 7.15. The standard InChI is InChI=1S/C11H17NO2S/c1-4-14-11(13)12(9(2)3)8-10-6-5-7-15-10/h5-7,9H,4,8H2,1-3H3. The molecule has 0 radical (unpaired) electrons. The molecule has 1 rings (SSSR count). The Morgan fingerprint density at radius 1 is 1.60 bits per heavy atom. The lowest BCUT2D eigenvalue weighted by atomic mass is 10.3. The minimum atomic E-state index is -0.235. The smallest absolute Gasteiger partial charge is 0.410 e. The zero-order valence-electron chi connectivity index (χ0n) is 9.40. The number of rotatable bonds is 4. The van der Waals surface area contributed by atoms with Gasteiger partial charge in [-0.2, -0.15) is 0 Å². The lowest BCUT2D eigenvalue weighted by molar-refractivity contribution is 0.0934. The number of nitrogens with zero attached hydrogens (tertiary/aromatic N) is 1. The molecular weight excluding hydrogens is 210 g/mol. The van der Waals surface area contributed by atoms with Crippen molar-refractivity contribution in [3.63, 3.8) is 0 Å². The third-order valence-electron chi connectivity index (χ3n) is 2.03. The van der Waals surface area contributed by atoms with Gasteiger partial charge in [0.25, 0.3) is 0 Å². The second-order valence-corrected chi connectivity index (χ2v) is 4.53. The van der Waals surface area contributed by atoms with E-state index in [1.807, 2.05) is 38.3 Å². The van der Waals surface area contributed by atoms with Crippen LogP contribution in [0.3, 0.4) is 0 Å². The predicted molar refractivity (Wildman–Crippen MR) is 62.0 cm³/mol. The molecule has 0 N–H and O–H groups in total. The van der Waals surface area contributed by atoms with Gasteiger partial charge in [-0.15, -0.1) is 11.3 Å². The van der Waals surface area contributed by atoms with Gasteiger partial charge in [-0.25, -0.2) is 4.79 Å². The molecule has 0 aliphatic rings. The van der Waals surface area contributed by atoms with Gasteiger partial charge >= 0.3 is 6.09 Å². The number of hydrogen-bond donors (Lipinski definition) is 0. The molecule has 0 aromatic carbocycles. The lowest BCUT2D eigenvalue weighted by Crippen LogP contribution is -2.36. The summed E-state index contributed by atoms with van der Waals surface area (Å²) in [5.41, 5.74) is 0. The van der Waals surface area contributed by atoms with Crippen LogP contribution in [0.4, 0.5) is 4.79 Å². The van der Waals surface area contributed by atoms with Gasteiger partial charge in [0.15, 0.2) is 0 Å². The first kappa shape index (κ1) is 12.0. The van der Waals surface area contributed by atoms with E-state index >= 15 is 0 Å². The number of carbonyl (C=O) groups excluding carboxylic acids is 1. The molecule has 0 bridgehead atoms. The van der Waals surface area contributed by atoms with Crippen LogP contribution < -0.4 is 0 Å². The van der Waals surface area contributed by atoms with E-state index < -0.39 is 0 Å². The van der Waals surface area contributed by atoms with Gasteiger partial charge in [0, 0.05) is 10.9 Å². The monoisotopic (exact) mass is 227 g/mol. The average Bonchev–Trinajstić information content (AvgIpc) is 2.66. The molecule has 0 aliphatic heterocycles. The van der Waals surface area contributed by atoms with Crippen LogP contribution in [0.15, 0.2) is 17.5 Å². The van der Waals surface area contributed by atoms with E-state index in [0.29, 0.717) is 13.2 Å². The molecular formula is C11H17NO2S. The fourth-order valence-electron chi connectivity index (χ4n) is 1.23. The molecule has 0 saturated carbocycles. The molecule has 4 heteroatoms. The van der Waals surface area contributed by atoms with Gasteiger partial charge in [-0.1, -0.05) is 6.07 Å². The van der Waals surface area contributed by atoms with Gasteiger partial charge in [-0.3, -0.25) is 0 Å². The lowest BCUT2D eigenvalue weighted by Gasteiger charge is -2.25.